The van der Waals surface area contributed by atoms with Crippen molar-refractivity contribution >= 4 is 5.91 Å². The molecule has 1 aromatic heterocycles. The molecule has 100 valence electrons. The summed E-state index contributed by atoms with van der Waals surface area (Å²) < 4.78 is 4.96. The van der Waals surface area contributed by atoms with Gasteiger partial charge in [0.05, 0.1) is 6.61 Å². The van der Waals surface area contributed by atoms with Gasteiger partial charge in [0.2, 0.25) is 5.56 Å². The molecule has 0 aliphatic heterocycles. The minimum atomic E-state index is -0.286. The van der Waals surface area contributed by atoms with Gasteiger partial charge in [-0.3, -0.25) is 9.59 Å². The Bertz CT molecular complexity index is 423. The average molecular weight is 253 g/mol. The summed E-state index contributed by atoms with van der Waals surface area (Å²) in [6, 6.07) is 4.52. The van der Waals surface area contributed by atoms with E-state index in [2.05, 4.69) is 4.98 Å². The zero-order chi connectivity index (χ0) is 13.4. The molecule has 1 heterocycles. The molecule has 6 heteroatoms. The van der Waals surface area contributed by atoms with Crippen LogP contribution in [0.1, 0.15) is 16.9 Å². The van der Waals surface area contributed by atoms with Gasteiger partial charge >= 0.3 is 0 Å². The van der Waals surface area contributed by atoms with Gasteiger partial charge in [0.1, 0.15) is 5.69 Å². The van der Waals surface area contributed by atoms with Crippen LogP contribution in [0.5, 0.6) is 0 Å². The van der Waals surface area contributed by atoms with Crippen LogP contribution < -0.4 is 11.3 Å². The summed E-state index contributed by atoms with van der Waals surface area (Å²) in [7, 11) is 1.58. The third kappa shape index (κ3) is 4.31. The molecule has 6 nitrogen and oxygen atoms in total. The largest absolute Gasteiger partial charge is 0.383 e. The maximum Gasteiger partial charge on any atom is 0.270 e. The van der Waals surface area contributed by atoms with Gasteiger partial charge in [0, 0.05) is 26.3 Å². The van der Waals surface area contributed by atoms with Gasteiger partial charge in [-0.05, 0) is 19.0 Å². The number of H-pyrrole nitrogens is 1. The minimum absolute atomic E-state index is 0.210. The number of pyridine rings is 1. The van der Waals surface area contributed by atoms with Crippen LogP contribution in [0.2, 0.25) is 0 Å². The lowest BCUT2D eigenvalue weighted by atomic mass is 10.3. The molecule has 0 aromatic carbocycles. The minimum Gasteiger partial charge on any atom is -0.383 e. The standard InChI is InChI=1S/C12H19N3O3/c1-18-9-8-15(7-3-6-13)12(17)10-4-2-5-11(16)14-10/h2,4-5H,3,6-9,13H2,1H3,(H,14,16). The smallest absolute Gasteiger partial charge is 0.270 e. The van der Waals surface area contributed by atoms with Crippen molar-refractivity contribution in [2.45, 2.75) is 6.42 Å². The second kappa shape index (κ2) is 7.62. The molecule has 1 rings (SSSR count). The third-order valence-corrected chi connectivity index (χ3v) is 2.48. The van der Waals surface area contributed by atoms with E-state index >= 15 is 0 Å². The Labute approximate surface area is 106 Å². The highest BCUT2D eigenvalue weighted by atomic mass is 16.5. The molecular weight excluding hydrogens is 234 g/mol. The SMILES string of the molecule is COCCN(CCCN)C(=O)c1cccc(=O)[nH]1. The Hall–Kier alpha value is -1.66. The van der Waals surface area contributed by atoms with Crippen molar-refractivity contribution in [3.63, 3.8) is 0 Å². The van der Waals surface area contributed by atoms with Gasteiger partial charge in [-0.15, -0.1) is 0 Å². The van der Waals surface area contributed by atoms with Gasteiger partial charge in [-0.2, -0.15) is 0 Å². The maximum absolute atomic E-state index is 12.2. The van der Waals surface area contributed by atoms with Crippen molar-refractivity contribution in [2.24, 2.45) is 5.73 Å². The number of ether oxygens (including phenoxy) is 1. The summed E-state index contributed by atoms with van der Waals surface area (Å²) in [5.74, 6) is -0.210. The average Bonchev–Trinajstić information content (AvgIpc) is 2.38. The van der Waals surface area contributed by atoms with E-state index in [9.17, 15) is 9.59 Å². The fraction of sp³-hybridized carbons (Fsp3) is 0.500. The molecular formula is C12H19N3O3. The van der Waals surface area contributed by atoms with E-state index in [1.165, 1.54) is 6.07 Å². The fourth-order valence-electron chi connectivity index (χ4n) is 1.54. The quantitative estimate of drug-likeness (QED) is 0.705. The molecule has 1 amide bonds. The summed E-state index contributed by atoms with van der Waals surface area (Å²) in [6.45, 7) is 2.00. The number of nitrogens with one attached hydrogen (secondary N) is 1. The molecule has 18 heavy (non-hydrogen) atoms. The number of nitrogens with two attached hydrogens (primary N) is 1. The summed E-state index contributed by atoms with van der Waals surface area (Å²) in [6.07, 6.45) is 0.715. The third-order valence-electron chi connectivity index (χ3n) is 2.48. The molecule has 0 saturated heterocycles. The van der Waals surface area contributed by atoms with E-state index in [0.717, 1.165) is 0 Å². The Morgan fingerprint density at radius 3 is 2.83 bits per heavy atom. The Morgan fingerprint density at radius 1 is 1.44 bits per heavy atom. The van der Waals surface area contributed by atoms with Crippen molar-refractivity contribution < 1.29 is 9.53 Å². The van der Waals surface area contributed by atoms with Gasteiger partial charge in [-0.25, -0.2) is 0 Å². The lowest BCUT2D eigenvalue weighted by Gasteiger charge is -2.21. The highest BCUT2D eigenvalue weighted by Gasteiger charge is 2.15. The van der Waals surface area contributed by atoms with Crippen LogP contribution in [0.3, 0.4) is 0 Å². The summed E-state index contributed by atoms with van der Waals surface area (Å²) >= 11 is 0. The van der Waals surface area contributed by atoms with E-state index in [1.807, 2.05) is 0 Å². The number of carbonyl (C=O) groups excluding carboxylic acids is 1. The number of rotatable bonds is 7. The fourth-order valence-corrected chi connectivity index (χ4v) is 1.54. The number of aromatic nitrogens is 1. The molecule has 0 aliphatic carbocycles. The molecule has 0 spiro atoms. The first-order valence-electron chi connectivity index (χ1n) is 5.86. The predicted octanol–water partition coefficient (Wildman–Crippen LogP) is -0.188. The number of hydrogen-bond acceptors (Lipinski definition) is 4. The molecule has 1 aromatic rings. The Kier molecular flexibility index (Phi) is 6.10. The highest BCUT2D eigenvalue weighted by molar-refractivity contribution is 5.92. The van der Waals surface area contributed by atoms with Gasteiger partial charge < -0.3 is 20.4 Å². The van der Waals surface area contributed by atoms with Crippen LogP contribution in [-0.4, -0.2) is 49.1 Å². The van der Waals surface area contributed by atoms with Crippen molar-refractivity contribution in [1.82, 2.24) is 9.88 Å². The van der Waals surface area contributed by atoms with Crippen molar-refractivity contribution in [3.8, 4) is 0 Å². The van der Waals surface area contributed by atoms with Crippen molar-refractivity contribution in [1.29, 1.82) is 0 Å². The Morgan fingerprint density at radius 2 is 2.22 bits per heavy atom. The first-order chi connectivity index (χ1) is 8.69. The Balaban J connectivity index is 2.77. The normalized spacial score (nSPS) is 10.3. The molecule has 0 radical (unpaired) electrons. The van der Waals surface area contributed by atoms with Crippen LogP contribution >= 0.6 is 0 Å². The predicted molar refractivity (Wildman–Crippen MR) is 68.5 cm³/mol. The molecule has 0 fully saturated rings. The lowest BCUT2D eigenvalue weighted by Crippen LogP contribution is -2.36. The van der Waals surface area contributed by atoms with E-state index in [1.54, 1.807) is 24.1 Å². The van der Waals surface area contributed by atoms with Gasteiger partial charge in [-0.1, -0.05) is 6.07 Å². The zero-order valence-electron chi connectivity index (χ0n) is 10.5. The monoisotopic (exact) mass is 253 g/mol. The number of carbonyl (C=O) groups is 1. The second-order valence-corrected chi connectivity index (χ2v) is 3.86. The highest BCUT2D eigenvalue weighted by Crippen LogP contribution is 2.01. The topological polar surface area (TPSA) is 88.4 Å². The van der Waals surface area contributed by atoms with Crippen LogP contribution in [0.4, 0.5) is 0 Å². The summed E-state index contributed by atoms with van der Waals surface area (Å²) in [4.78, 5) is 27.5. The van der Waals surface area contributed by atoms with Crippen LogP contribution in [0, 0.1) is 0 Å². The van der Waals surface area contributed by atoms with Crippen LogP contribution in [-0.2, 0) is 4.74 Å². The summed E-state index contributed by atoms with van der Waals surface area (Å²) in [5.41, 5.74) is 5.44. The second-order valence-electron chi connectivity index (χ2n) is 3.86. The maximum atomic E-state index is 12.2. The van der Waals surface area contributed by atoms with Crippen LogP contribution in [0.15, 0.2) is 23.0 Å². The zero-order valence-corrected chi connectivity index (χ0v) is 10.5. The van der Waals surface area contributed by atoms with Gasteiger partial charge in [0.25, 0.3) is 5.91 Å². The molecule has 0 saturated carbocycles. The number of amides is 1. The number of hydrogen-bond donors (Lipinski definition) is 2. The summed E-state index contributed by atoms with van der Waals surface area (Å²) in [5, 5.41) is 0. The van der Waals surface area contributed by atoms with E-state index in [4.69, 9.17) is 10.5 Å². The number of methoxy groups -OCH3 is 1. The van der Waals surface area contributed by atoms with Gasteiger partial charge in [0.15, 0.2) is 0 Å². The molecule has 0 bridgehead atoms. The first kappa shape index (κ1) is 14.4. The molecule has 0 atom stereocenters. The van der Waals surface area contributed by atoms with E-state index < -0.39 is 0 Å². The molecule has 0 unspecified atom stereocenters. The van der Waals surface area contributed by atoms with Crippen molar-refractivity contribution in [2.75, 3.05) is 33.4 Å². The van der Waals surface area contributed by atoms with E-state index in [-0.39, 0.29) is 17.2 Å². The van der Waals surface area contributed by atoms with E-state index in [0.29, 0.717) is 32.7 Å². The molecule has 3 N–H and O–H groups in total. The first-order valence-corrected chi connectivity index (χ1v) is 5.86. The lowest BCUT2D eigenvalue weighted by molar-refractivity contribution is 0.0688. The number of aromatic amines is 1. The number of nitrogens with zero attached hydrogens (tertiary/aromatic N) is 1. The van der Waals surface area contributed by atoms with Crippen molar-refractivity contribution in [3.05, 3.63) is 34.2 Å². The van der Waals surface area contributed by atoms with Crippen LogP contribution in [0.25, 0.3) is 0 Å². The molecule has 0 aliphatic rings.